The third-order valence-corrected chi connectivity index (χ3v) is 2.31. The quantitative estimate of drug-likeness (QED) is 0.694. The SMILES string of the molecule is CNc1cccc2ccc(C)cc12. The van der Waals surface area contributed by atoms with E-state index >= 15 is 0 Å². The Bertz CT molecular complexity index is 432. The Hall–Kier alpha value is -1.50. The van der Waals surface area contributed by atoms with Gasteiger partial charge in [-0.05, 0) is 24.4 Å². The largest absolute Gasteiger partial charge is 0.388 e. The number of fused-ring (bicyclic) bond motifs is 1. The lowest BCUT2D eigenvalue weighted by molar-refractivity contribution is 1.49. The molecule has 0 unspecified atom stereocenters. The van der Waals surface area contributed by atoms with Crippen molar-refractivity contribution in [3.8, 4) is 0 Å². The van der Waals surface area contributed by atoms with Crippen LogP contribution in [0, 0.1) is 6.92 Å². The molecule has 1 nitrogen and oxygen atoms in total. The van der Waals surface area contributed by atoms with Crippen molar-refractivity contribution in [3.05, 3.63) is 42.0 Å². The average molecular weight is 171 g/mol. The third-order valence-electron chi connectivity index (χ3n) is 2.31. The Kier molecular flexibility index (Phi) is 1.93. The molecule has 1 heteroatoms. The van der Waals surface area contributed by atoms with Crippen LogP contribution in [0.4, 0.5) is 5.69 Å². The molecule has 0 aliphatic heterocycles. The predicted octanol–water partition coefficient (Wildman–Crippen LogP) is 3.19. The zero-order valence-corrected chi connectivity index (χ0v) is 7.96. The highest BCUT2D eigenvalue weighted by molar-refractivity contribution is 5.94. The Balaban J connectivity index is 2.79. The van der Waals surface area contributed by atoms with E-state index in [1.807, 2.05) is 7.05 Å². The minimum atomic E-state index is 1.20. The molecular formula is C12H13N. The molecule has 1 N–H and O–H groups in total. The number of rotatable bonds is 1. The van der Waals surface area contributed by atoms with Gasteiger partial charge in [-0.25, -0.2) is 0 Å². The van der Waals surface area contributed by atoms with Crippen LogP contribution in [0.2, 0.25) is 0 Å². The Morgan fingerprint density at radius 1 is 1.08 bits per heavy atom. The highest BCUT2D eigenvalue weighted by Gasteiger charge is 1.97. The second-order valence-electron chi connectivity index (χ2n) is 3.28. The van der Waals surface area contributed by atoms with Crippen LogP contribution < -0.4 is 5.32 Å². The molecule has 0 radical (unpaired) electrons. The summed E-state index contributed by atoms with van der Waals surface area (Å²) in [5.74, 6) is 0. The maximum Gasteiger partial charge on any atom is 0.0417 e. The van der Waals surface area contributed by atoms with Gasteiger partial charge in [0.25, 0.3) is 0 Å². The molecule has 0 fully saturated rings. The first-order valence-electron chi connectivity index (χ1n) is 4.48. The molecule has 0 atom stereocenters. The first-order valence-corrected chi connectivity index (χ1v) is 4.48. The maximum absolute atomic E-state index is 3.20. The van der Waals surface area contributed by atoms with Crippen LogP contribution in [0.1, 0.15) is 5.56 Å². The zero-order valence-electron chi connectivity index (χ0n) is 7.96. The van der Waals surface area contributed by atoms with Gasteiger partial charge in [0.2, 0.25) is 0 Å². The minimum absolute atomic E-state index is 1.20. The molecule has 0 spiro atoms. The van der Waals surface area contributed by atoms with Gasteiger partial charge in [-0.1, -0.05) is 29.8 Å². The van der Waals surface area contributed by atoms with Crippen LogP contribution >= 0.6 is 0 Å². The summed E-state index contributed by atoms with van der Waals surface area (Å²) in [5, 5.41) is 5.78. The molecule has 0 aliphatic rings. The van der Waals surface area contributed by atoms with Gasteiger partial charge in [-0.15, -0.1) is 0 Å². The monoisotopic (exact) mass is 171 g/mol. The van der Waals surface area contributed by atoms with Crippen molar-refractivity contribution in [3.63, 3.8) is 0 Å². The Labute approximate surface area is 78.4 Å². The van der Waals surface area contributed by atoms with Crippen LogP contribution in [0.3, 0.4) is 0 Å². The molecule has 2 aromatic rings. The number of nitrogens with one attached hydrogen (secondary N) is 1. The van der Waals surface area contributed by atoms with E-state index in [0.29, 0.717) is 0 Å². The van der Waals surface area contributed by atoms with Gasteiger partial charge in [-0.3, -0.25) is 0 Å². The van der Waals surface area contributed by atoms with Crippen LogP contribution in [-0.4, -0.2) is 7.05 Å². The molecule has 66 valence electrons. The molecular weight excluding hydrogens is 158 g/mol. The lowest BCUT2D eigenvalue weighted by atomic mass is 10.1. The smallest absolute Gasteiger partial charge is 0.0417 e. The van der Waals surface area contributed by atoms with Gasteiger partial charge in [0, 0.05) is 18.1 Å². The zero-order chi connectivity index (χ0) is 9.26. The normalized spacial score (nSPS) is 10.3. The van der Waals surface area contributed by atoms with Gasteiger partial charge < -0.3 is 5.32 Å². The van der Waals surface area contributed by atoms with Gasteiger partial charge in [0.15, 0.2) is 0 Å². The average Bonchev–Trinajstić information content (AvgIpc) is 2.17. The van der Waals surface area contributed by atoms with E-state index in [0.717, 1.165) is 0 Å². The lowest BCUT2D eigenvalue weighted by Crippen LogP contribution is -1.89. The maximum atomic E-state index is 3.20. The van der Waals surface area contributed by atoms with Crippen LogP contribution in [-0.2, 0) is 0 Å². The number of anilines is 1. The van der Waals surface area contributed by atoms with E-state index in [1.165, 1.54) is 22.0 Å². The summed E-state index contributed by atoms with van der Waals surface area (Å²) in [6.45, 7) is 2.12. The van der Waals surface area contributed by atoms with Crippen molar-refractivity contribution < 1.29 is 0 Å². The number of hydrogen-bond acceptors (Lipinski definition) is 1. The third kappa shape index (κ3) is 1.37. The number of aryl methyl sites for hydroxylation is 1. The van der Waals surface area contributed by atoms with Gasteiger partial charge in [-0.2, -0.15) is 0 Å². The van der Waals surface area contributed by atoms with E-state index in [-0.39, 0.29) is 0 Å². The number of benzene rings is 2. The minimum Gasteiger partial charge on any atom is -0.388 e. The standard InChI is InChI=1S/C12H13N/c1-9-6-7-10-4-3-5-12(13-2)11(10)8-9/h3-8,13H,1-2H3. The first kappa shape index (κ1) is 8.11. The summed E-state index contributed by atoms with van der Waals surface area (Å²) in [6.07, 6.45) is 0. The summed E-state index contributed by atoms with van der Waals surface area (Å²) < 4.78 is 0. The first-order chi connectivity index (χ1) is 6.31. The van der Waals surface area contributed by atoms with E-state index in [4.69, 9.17) is 0 Å². The fraction of sp³-hybridized carbons (Fsp3) is 0.167. The van der Waals surface area contributed by atoms with Crippen molar-refractivity contribution >= 4 is 16.5 Å². The summed E-state index contributed by atoms with van der Waals surface area (Å²) >= 11 is 0. The summed E-state index contributed by atoms with van der Waals surface area (Å²) in [4.78, 5) is 0. The van der Waals surface area contributed by atoms with E-state index in [9.17, 15) is 0 Å². The van der Waals surface area contributed by atoms with Crippen molar-refractivity contribution in [2.24, 2.45) is 0 Å². The van der Waals surface area contributed by atoms with Crippen molar-refractivity contribution in [1.82, 2.24) is 0 Å². The molecule has 2 aromatic carbocycles. The Morgan fingerprint density at radius 3 is 2.69 bits per heavy atom. The van der Waals surface area contributed by atoms with Crippen LogP contribution in [0.25, 0.3) is 10.8 Å². The highest BCUT2D eigenvalue weighted by Crippen LogP contribution is 2.23. The summed E-state index contributed by atoms with van der Waals surface area (Å²) in [6, 6.07) is 12.8. The molecule has 0 amide bonds. The van der Waals surface area contributed by atoms with Gasteiger partial charge >= 0.3 is 0 Å². The molecule has 0 aromatic heterocycles. The molecule has 13 heavy (non-hydrogen) atoms. The molecule has 0 saturated carbocycles. The summed E-state index contributed by atoms with van der Waals surface area (Å²) in [7, 11) is 1.96. The highest BCUT2D eigenvalue weighted by atomic mass is 14.8. The van der Waals surface area contributed by atoms with Crippen LogP contribution in [0.15, 0.2) is 36.4 Å². The molecule has 0 saturated heterocycles. The molecule has 0 aliphatic carbocycles. The second kappa shape index (κ2) is 3.09. The van der Waals surface area contributed by atoms with Crippen molar-refractivity contribution in [1.29, 1.82) is 0 Å². The van der Waals surface area contributed by atoms with E-state index < -0.39 is 0 Å². The lowest BCUT2D eigenvalue weighted by Gasteiger charge is -2.05. The van der Waals surface area contributed by atoms with Crippen molar-refractivity contribution in [2.75, 3.05) is 12.4 Å². The van der Waals surface area contributed by atoms with Gasteiger partial charge in [0.05, 0.1) is 0 Å². The van der Waals surface area contributed by atoms with E-state index in [2.05, 4.69) is 48.6 Å². The predicted molar refractivity (Wildman–Crippen MR) is 58.2 cm³/mol. The Morgan fingerprint density at radius 2 is 1.92 bits per heavy atom. The van der Waals surface area contributed by atoms with Gasteiger partial charge in [0.1, 0.15) is 0 Å². The fourth-order valence-electron chi connectivity index (χ4n) is 1.60. The molecule has 0 bridgehead atoms. The van der Waals surface area contributed by atoms with Crippen LogP contribution in [0.5, 0.6) is 0 Å². The topological polar surface area (TPSA) is 12.0 Å². The molecule has 2 rings (SSSR count). The fourth-order valence-corrected chi connectivity index (χ4v) is 1.60. The molecule has 0 heterocycles. The number of hydrogen-bond donors (Lipinski definition) is 1. The summed E-state index contributed by atoms with van der Waals surface area (Å²) in [5.41, 5.74) is 2.50. The van der Waals surface area contributed by atoms with E-state index in [1.54, 1.807) is 0 Å². The second-order valence-corrected chi connectivity index (χ2v) is 3.28. The van der Waals surface area contributed by atoms with Crippen molar-refractivity contribution in [2.45, 2.75) is 6.92 Å².